The van der Waals surface area contributed by atoms with E-state index in [0.717, 1.165) is 12.8 Å². The van der Waals surface area contributed by atoms with Gasteiger partial charge in [0.15, 0.2) is 10.5 Å². The molecule has 0 radical (unpaired) electrons. The number of unbranched alkanes of at least 4 members (excludes halogenated alkanes) is 8. The third-order valence-corrected chi connectivity index (χ3v) is 5.11. The first-order chi connectivity index (χ1) is 13.2. The lowest BCUT2D eigenvalue weighted by atomic mass is 9.95. The van der Waals surface area contributed by atoms with Gasteiger partial charge < -0.3 is 4.74 Å². The van der Waals surface area contributed by atoms with Gasteiger partial charge in [-0.1, -0.05) is 90.2 Å². The molecular weight excluding hydrogens is 336 g/mol. The molecule has 4 heteroatoms. The molecule has 0 saturated carbocycles. The Morgan fingerprint density at radius 1 is 0.926 bits per heavy atom. The zero-order valence-corrected chi connectivity index (χ0v) is 17.3. The highest BCUT2D eigenvalue weighted by Crippen LogP contribution is 2.22. The molecule has 0 aromatic heterocycles. The first-order valence-electron chi connectivity index (χ1n) is 10.8. The van der Waals surface area contributed by atoms with Gasteiger partial charge in [-0.15, -0.1) is 0 Å². The number of carbonyl (C=O) groups excluding carboxylic acids is 1. The lowest BCUT2D eigenvalue weighted by molar-refractivity contribution is 0.0423. The number of hydrogen-bond donors (Lipinski definition) is 0. The smallest absolute Gasteiger partial charge is 0.399 e. The summed E-state index contributed by atoms with van der Waals surface area (Å²) in [7, 11) is 0. The third-order valence-electron chi connectivity index (χ3n) is 5.11. The van der Waals surface area contributed by atoms with Crippen LogP contribution in [-0.2, 0) is 4.74 Å². The fourth-order valence-electron chi connectivity index (χ4n) is 3.39. The molecule has 1 atom stereocenters. The number of hydrogen-bond acceptors (Lipinski definition) is 3. The summed E-state index contributed by atoms with van der Waals surface area (Å²) >= 11 is 0. The van der Waals surface area contributed by atoms with E-state index in [1.807, 2.05) is 0 Å². The third kappa shape index (κ3) is 10.1. The molecule has 1 aromatic carbocycles. The zero-order valence-electron chi connectivity index (χ0n) is 17.3. The van der Waals surface area contributed by atoms with Crippen molar-refractivity contribution in [2.75, 3.05) is 6.61 Å². The molecule has 1 aromatic rings. The van der Waals surface area contributed by atoms with Crippen molar-refractivity contribution in [1.82, 2.24) is 0 Å². The second kappa shape index (κ2) is 15.2. The van der Waals surface area contributed by atoms with Crippen molar-refractivity contribution in [2.24, 2.45) is 5.92 Å². The largest absolute Gasteiger partial charge is 0.462 e. The highest BCUT2D eigenvalue weighted by Gasteiger charge is 2.22. The fourth-order valence-corrected chi connectivity index (χ4v) is 3.39. The molecule has 0 amide bonds. The Kier molecular flexibility index (Phi) is 13.0. The zero-order chi connectivity index (χ0) is 19.7. The maximum Gasteiger partial charge on any atom is 0.399 e. The van der Waals surface area contributed by atoms with Gasteiger partial charge in [0.25, 0.3) is 0 Å². The number of diazo groups is 1. The van der Waals surface area contributed by atoms with Crippen molar-refractivity contribution in [2.45, 2.75) is 90.9 Å². The summed E-state index contributed by atoms with van der Waals surface area (Å²) in [5.74, 6) is 0.0279. The quantitative estimate of drug-likeness (QED) is 0.180. The maximum absolute atomic E-state index is 12.4. The van der Waals surface area contributed by atoms with Crippen LogP contribution in [0.1, 0.15) is 101 Å². The standard InChI is InChI=1S/C23H37N2O2/c1-3-5-7-9-10-12-16-20(15-11-8-6-4-2)19-27-23(26)21-17-13-14-18-22(21)25-24/h13-14,17-18,20H,3-12,15-16,19H2,1-2H3/q+1. The van der Waals surface area contributed by atoms with Crippen LogP contribution >= 0.6 is 0 Å². The summed E-state index contributed by atoms with van der Waals surface area (Å²) in [5, 5.41) is 9.03. The van der Waals surface area contributed by atoms with Gasteiger partial charge in [0.2, 0.25) is 5.39 Å². The summed E-state index contributed by atoms with van der Waals surface area (Å²) in [6.07, 6.45) is 14.9. The molecule has 0 aliphatic carbocycles. The molecule has 4 nitrogen and oxygen atoms in total. The molecule has 27 heavy (non-hydrogen) atoms. The molecule has 150 valence electrons. The molecule has 1 unspecified atom stereocenters. The van der Waals surface area contributed by atoms with Gasteiger partial charge in [0, 0.05) is 6.07 Å². The average molecular weight is 374 g/mol. The van der Waals surface area contributed by atoms with Crippen molar-refractivity contribution >= 4 is 11.7 Å². The molecule has 0 heterocycles. The number of benzene rings is 1. The van der Waals surface area contributed by atoms with Crippen molar-refractivity contribution < 1.29 is 9.53 Å². The molecular formula is C23H37N2O2+. The van der Waals surface area contributed by atoms with Crippen LogP contribution in [-0.4, -0.2) is 12.6 Å². The summed E-state index contributed by atoms with van der Waals surface area (Å²) in [6, 6.07) is 6.74. The van der Waals surface area contributed by atoms with Gasteiger partial charge in [0.1, 0.15) is 0 Å². The summed E-state index contributed by atoms with van der Waals surface area (Å²) in [4.78, 5) is 15.5. The monoisotopic (exact) mass is 373 g/mol. The second-order valence-corrected chi connectivity index (χ2v) is 7.49. The molecule has 1 rings (SSSR count). The summed E-state index contributed by atoms with van der Waals surface area (Å²) in [5.41, 5.74) is 0.585. The topological polar surface area (TPSA) is 54.5 Å². The van der Waals surface area contributed by atoms with Gasteiger partial charge in [-0.2, -0.15) is 0 Å². The second-order valence-electron chi connectivity index (χ2n) is 7.49. The predicted molar refractivity (Wildman–Crippen MR) is 112 cm³/mol. The molecule has 0 fully saturated rings. The van der Waals surface area contributed by atoms with Gasteiger partial charge >= 0.3 is 11.7 Å². The molecule has 0 aliphatic heterocycles. The summed E-state index contributed by atoms with van der Waals surface area (Å²) < 4.78 is 5.58. The lowest BCUT2D eigenvalue weighted by Crippen LogP contribution is -2.15. The van der Waals surface area contributed by atoms with Crippen LogP contribution in [0.2, 0.25) is 0 Å². The fraction of sp³-hybridized carbons (Fsp3) is 0.696. The normalized spacial score (nSPS) is 11.7. The van der Waals surface area contributed by atoms with Crippen LogP contribution in [0.15, 0.2) is 24.3 Å². The van der Waals surface area contributed by atoms with Crippen LogP contribution in [0, 0.1) is 11.3 Å². The van der Waals surface area contributed by atoms with E-state index in [1.165, 1.54) is 64.2 Å². The van der Waals surface area contributed by atoms with Crippen LogP contribution in [0.5, 0.6) is 0 Å². The molecule has 0 bridgehead atoms. The van der Waals surface area contributed by atoms with Crippen LogP contribution in [0.3, 0.4) is 0 Å². The molecule has 0 aliphatic rings. The number of esters is 1. The highest BCUT2D eigenvalue weighted by molar-refractivity contribution is 5.95. The van der Waals surface area contributed by atoms with E-state index in [1.54, 1.807) is 24.3 Å². The van der Waals surface area contributed by atoms with Gasteiger partial charge in [-0.3, -0.25) is 0 Å². The number of ether oxygens (including phenoxy) is 1. The lowest BCUT2D eigenvalue weighted by Gasteiger charge is -2.17. The van der Waals surface area contributed by atoms with Gasteiger partial charge in [-0.25, -0.2) is 4.79 Å². The molecule has 0 saturated heterocycles. The van der Waals surface area contributed by atoms with Gasteiger partial charge in [-0.05, 0) is 24.8 Å². The Balaban J connectivity index is 2.46. The summed E-state index contributed by atoms with van der Waals surface area (Å²) in [6.45, 7) is 4.92. The predicted octanol–water partition coefficient (Wildman–Crippen LogP) is 7.67. The molecule has 0 spiro atoms. The van der Waals surface area contributed by atoms with Crippen LogP contribution < -0.4 is 0 Å². The highest BCUT2D eigenvalue weighted by atomic mass is 16.5. The Morgan fingerprint density at radius 3 is 2.11 bits per heavy atom. The van der Waals surface area contributed by atoms with Crippen molar-refractivity contribution in [3.63, 3.8) is 0 Å². The van der Waals surface area contributed by atoms with E-state index in [0.29, 0.717) is 18.1 Å². The average Bonchev–Trinajstić information content (AvgIpc) is 2.70. The maximum atomic E-state index is 12.4. The van der Waals surface area contributed by atoms with E-state index in [4.69, 9.17) is 10.1 Å². The van der Waals surface area contributed by atoms with Crippen LogP contribution in [0.4, 0.5) is 5.69 Å². The Morgan fingerprint density at radius 2 is 1.48 bits per heavy atom. The first kappa shape index (κ1) is 23.1. The number of carbonyl (C=O) groups is 1. The van der Waals surface area contributed by atoms with E-state index in [9.17, 15) is 4.79 Å². The molecule has 0 N–H and O–H groups in total. The number of nitrogens with zero attached hydrogens (tertiary/aromatic N) is 2. The van der Waals surface area contributed by atoms with Crippen molar-refractivity contribution in [1.29, 1.82) is 5.39 Å². The van der Waals surface area contributed by atoms with Crippen LogP contribution in [0.25, 0.3) is 4.98 Å². The van der Waals surface area contributed by atoms with Crippen molar-refractivity contribution in [3.05, 3.63) is 34.8 Å². The first-order valence-corrected chi connectivity index (χ1v) is 10.8. The Bertz CT molecular complexity index is 566. The van der Waals surface area contributed by atoms with E-state index < -0.39 is 5.97 Å². The van der Waals surface area contributed by atoms with E-state index >= 15 is 0 Å². The van der Waals surface area contributed by atoms with Crippen molar-refractivity contribution in [3.8, 4) is 0 Å². The minimum atomic E-state index is -0.398. The minimum Gasteiger partial charge on any atom is -0.462 e. The minimum absolute atomic E-state index is 0.262. The van der Waals surface area contributed by atoms with E-state index in [-0.39, 0.29) is 5.69 Å². The van der Waals surface area contributed by atoms with Gasteiger partial charge in [0.05, 0.1) is 6.61 Å². The Labute approximate surface area is 165 Å². The number of rotatable bonds is 15. The SMILES string of the molecule is CCCCCCCCC(CCCCCC)COC(=O)c1ccccc1[N+]#N. The Hall–Kier alpha value is -1.89. The van der Waals surface area contributed by atoms with E-state index in [2.05, 4.69) is 18.8 Å².